The minimum atomic E-state index is -0.00575. The first-order chi connectivity index (χ1) is 9.84. The van der Waals surface area contributed by atoms with Crippen LogP contribution >= 0.6 is 0 Å². The minimum Gasteiger partial charge on any atom is -0.350 e. The Morgan fingerprint density at radius 1 is 1.38 bits per heavy atom. The van der Waals surface area contributed by atoms with Gasteiger partial charge in [0.15, 0.2) is 0 Å². The number of carbonyl (C=O) groups is 1. The van der Waals surface area contributed by atoms with Crippen LogP contribution in [0.3, 0.4) is 0 Å². The fourth-order valence-electron chi connectivity index (χ4n) is 2.55. The van der Waals surface area contributed by atoms with Crippen LogP contribution in [0, 0.1) is 11.3 Å². The number of hydrogen-bond donors (Lipinski definition) is 2. The molecule has 21 heavy (non-hydrogen) atoms. The zero-order chi connectivity index (χ0) is 15.9. The predicted molar refractivity (Wildman–Crippen MR) is 86.6 cm³/mol. The van der Waals surface area contributed by atoms with Crippen molar-refractivity contribution in [3.8, 4) is 0 Å². The molecule has 0 aliphatic heterocycles. The summed E-state index contributed by atoms with van der Waals surface area (Å²) >= 11 is 0. The van der Waals surface area contributed by atoms with Crippen LogP contribution in [0.4, 0.5) is 0 Å². The third-order valence-electron chi connectivity index (χ3n) is 4.02. The Balaban J connectivity index is 2.46. The summed E-state index contributed by atoms with van der Waals surface area (Å²) in [4.78, 5) is 16.2. The lowest BCUT2D eigenvalue weighted by atomic mass is 9.76. The fourth-order valence-corrected chi connectivity index (χ4v) is 2.55. The van der Waals surface area contributed by atoms with Gasteiger partial charge in [0.25, 0.3) is 0 Å². The molecule has 1 aromatic heterocycles. The molecule has 0 aliphatic rings. The van der Waals surface area contributed by atoms with Crippen molar-refractivity contribution in [3.05, 3.63) is 30.1 Å². The number of pyridine rings is 1. The van der Waals surface area contributed by atoms with Crippen LogP contribution in [-0.2, 0) is 4.79 Å². The largest absolute Gasteiger partial charge is 0.350 e. The average molecular weight is 291 g/mol. The highest BCUT2D eigenvalue weighted by atomic mass is 16.1. The van der Waals surface area contributed by atoms with Crippen molar-refractivity contribution < 1.29 is 4.79 Å². The molecule has 1 amide bonds. The van der Waals surface area contributed by atoms with Crippen molar-refractivity contribution in [1.82, 2.24) is 10.3 Å². The zero-order valence-electron chi connectivity index (χ0n) is 13.7. The summed E-state index contributed by atoms with van der Waals surface area (Å²) in [6.07, 6.45) is 5.92. The highest BCUT2D eigenvalue weighted by molar-refractivity contribution is 5.76. The van der Waals surface area contributed by atoms with Crippen molar-refractivity contribution >= 4 is 5.91 Å². The molecule has 2 atom stereocenters. The van der Waals surface area contributed by atoms with Crippen LogP contribution in [0.25, 0.3) is 0 Å². The average Bonchev–Trinajstić information content (AvgIpc) is 2.43. The molecule has 0 radical (unpaired) electrons. The van der Waals surface area contributed by atoms with Gasteiger partial charge in [-0.15, -0.1) is 0 Å². The Hall–Kier alpha value is -1.42. The predicted octanol–water partition coefficient (Wildman–Crippen LogP) is 3.05. The number of aromatic nitrogens is 1. The molecule has 1 unspecified atom stereocenters. The summed E-state index contributed by atoms with van der Waals surface area (Å²) in [6.45, 7) is 9.29. The van der Waals surface area contributed by atoms with Crippen molar-refractivity contribution in [2.45, 2.75) is 53.0 Å². The molecule has 1 aromatic rings. The molecule has 0 spiro atoms. The molecular formula is C17H29N3O. The van der Waals surface area contributed by atoms with Gasteiger partial charge >= 0.3 is 0 Å². The molecule has 1 heterocycles. The maximum atomic E-state index is 12.1. The van der Waals surface area contributed by atoms with E-state index in [0.29, 0.717) is 18.9 Å². The first-order valence-corrected chi connectivity index (χ1v) is 7.74. The van der Waals surface area contributed by atoms with Crippen LogP contribution in [0.15, 0.2) is 24.5 Å². The summed E-state index contributed by atoms with van der Waals surface area (Å²) < 4.78 is 0. The van der Waals surface area contributed by atoms with E-state index in [2.05, 4.69) is 31.1 Å². The summed E-state index contributed by atoms with van der Waals surface area (Å²) in [5.74, 6) is 0.569. The zero-order valence-corrected chi connectivity index (χ0v) is 13.7. The van der Waals surface area contributed by atoms with Gasteiger partial charge in [0.2, 0.25) is 5.91 Å². The molecular weight excluding hydrogens is 262 g/mol. The number of nitrogens with two attached hydrogens (primary N) is 1. The molecule has 0 aromatic carbocycles. The second kappa shape index (κ2) is 8.13. The highest BCUT2D eigenvalue weighted by Gasteiger charge is 2.24. The molecule has 0 saturated carbocycles. The van der Waals surface area contributed by atoms with Gasteiger partial charge in [-0.25, -0.2) is 0 Å². The molecule has 0 bridgehead atoms. The number of nitrogens with zero attached hydrogens (tertiary/aromatic N) is 1. The Labute approximate surface area is 128 Å². The number of nitrogens with one attached hydrogen (secondary N) is 1. The quantitative estimate of drug-likeness (QED) is 0.811. The van der Waals surface area contributed by atoms with Gasteiger partial charge in [0.05, 0.1) is 6.04 Å². The van der Waals surface area contributed by atoms with E-state index in [1.807, 2.05) is 19.1 Å². The molecule has 0 fully saturated rings. The molecule has 3 N–H and O–H groups in total. The summed E-state index contributed by atoms with van der Waals surface area (Å²) in [5, 5.41) is 3.03. The van der Waals surface area contributed by atoms with Gasteiger partial charge in [0, 0.05) is 18.8 Å². The van der Waals surface area contributed by atoms with E-state index < -0.39 is 0 Å². The number of hydrogen-bond acceptors (Lipinski definition) is 3. The van der Waals surface area contributed by atoms with Crippen LogP contribution in [0.1, 0.15) is 58.6 Å². The van der Waals surface area contributed by atoms with E-state index in [1.54, 1.807) is 12.4 Å². The lowest BCUT2D eigenvalue weighted by molar-refractivity contribution is -0.122. The molecule has 0 aliphatic carbocycles. The Morgan fingerprint density at radius 2 is 2.10 bits per heavy atom. The molecule has 118 valence electrons. The lowest BCUT2D eigenvalue weighted by Crippen LogP contribution is -2.29. The number of carbonyl (C=O) groups excluding carboxylic acids is 1. The van der Waals surface area contributed by atoms with E-state index in [4.69, 9.17) is 5.73 Å². The Kier molecular flexibility index (Phi) is 6.82. The molecule has 4 nitrogen and oxygen atoms in total. The monoisotopic (exact) mass is 291 g/mol. The minimum absolute atomic E-state index is 0.00575. The number of amides is 1. The third kappa shape index (κ3) is 6.25. The van der Waals surface area contributed by atoms with Crippen molar-refractivity contribution in [1.29, 1.82) is 0 Å². The highest BCUT2D eigenvalue weighted by Crippen LogP contribution is 2.32. The normalized spacial score (nSPS) is 14.5. The van der Waals surface area contributed by atoms with Gasteiger partial charge in [-0.3, -0.25) is 9.78 Å². The maximum Gasteiger partial charge on any atom is 0.220 e. The van der Waals surface area contributed by atoms with E-state index >= 15 is 0 Å². The molecule has 4 heteroatoms. The van der Waals surface area contributed by atoms with Crippen molar-refractivity contribution in [2.75, 3.05) is 6.54 Å². The second-order valence-electron chi connectivity index (χ2n) is 6.75. The lowest BCUT2D eigenvalue weighted by Gasteiger charge is -2.30. The van der Waals surface area contributed by atoms with E-state index in [9.17, 15) is 4.79 Å². The van der Waals surface area contributed by atoms with E-state index in [0.717, 1.165) is 18.4 Å². The van der Waals surface area contributed by atoms with Crippen LogP contribution < -0.4 is 11.1 Å². The first kappa shape index (κ1) is 17.6. The van der Waals surface area contributed by atoms with Gasteiger partial charge in [-0.2, -0.15) is 0 Å². The standard InChI is InChI=1S/C17H29N3O/c1-13(14-6-5-11-19-12-14)20-16(21)8-7-15(9-10-18)17(2,3)4/h5-6,11-13,15H,7-10,18H2,1-4H3,(H,20,21)/t13-,15?/m1/s1. The van der Waals surface area contributed by atoms with Gasteiger partial charge in [-0.05, 0) is 49.3 Å². The smallest absolute Gasteiger partial charge is 0.220 e. The van der Waals surface area contributed by atoms with E-state index in [-0.39, 0.29) is 17.4 Å². The van der Waals surface area contributed by atoms with E-state index in [1.165, 1.54) is 0 Å². The summed E-state index contributed by atoms with van der Waals surface area (Å²) in [6, 6.07) is 3.85. The first-order valence-electron chi connectivity index (χ1n) is 7.74. The van der Waals surface area contributed by atoms with Gasteiger partial charge < -0.3 is 11.1 Å². The van der Waals surface area contributed by atoms with Gasteiger partial charge in [-0.1, -0.05) is 26.8 Å². The van der Waals surface area contributed by atoms with Crippen molar-refractivity contribution in [3.63, 3.8) is 0 Å². The fraction of sp³-hybridized carbons (Fsp3) is 0.647. The Bertz CT molecular complexity index is 425. The summed E-state index contributed by atoms with van der Waals surface area (Å²) in [7, 11) is 0. The topological polar surface area (TPSA) is 68.0 Å². The number of rotatable bonds is 7. The van der Waals surface area contributed by atoms with Crippen molar-refractivity contribution in [2.24, 2.45) is 17.1 Å². The molecule has 1 rings (SSSR count). The SMILES string of the molecule is C[C@@H](NC(=O)CCC(CCN)C(C)(C)C)c1cccnc1. The van der Waals surface area contributed by atoms with Crippen LogP contribution in [0.5, 0.6) is 0 Å². The maximum absolute atomic E-state index is 12.1. The van der Waals surface area contributed by atoms with Gasteiger partial charge in [0.1, 0.15) is 0 Å². The third-order valence-corrected chi connectivity index (χ3v) is 4.02. The molecule has 0 saturated heterocycles. The van der Waals surface area contributed by atoms with Crippen LogP contribution in [-0.4, -0.2) is 17.4 Å². The van der Waals surface area contributed by atoms with Crippen LogP contribution in [0.2, 0.25) is 0 Å². The Morgan fingerprint density at radius 3 is 2.62 bits per heavy atom. The second-order valence-corrected chi connectivity index (χ2v) is 6.75. The summed E-state index contributed by atoms with van der Waals surface area (Å²) in [5.41, 5.74) is 6.90.